The predicted octanol–water partition coefficient (Wildman–Crippen LogP) is 12.7. The van der Waals surface area contributed by atoms with Crippen LogP contribution >= 0.6 is 0 Å². The summed E-state index contributed by atoms with van der Waals surface area (Å²) in [6.07, 6.45) is 7.78. The van der Waals surface area contributed by atoms with Crippen LogP contribution in [0.2, 0.25) is 0 Å². The monoisotopic (exact) mass is 693 g/mol. The number of hydrogen-bond donors (Lipinski definition) is 0. The van der Waals surface area contributed by atoms with E-state index in [0.29, 0.717) is 0 Å². The van der Waals surface area contributed by atoms with Crippen LogP contribution in [0.15, 0.2) is 75.6 Å². The van der Waals surface area contributed by atoms with Gasteiger partial charge in [0.05, 0.1) is 21.9 Å². The molecule has 0 unspecified atom stereocenters. The van der Waals surface area contributed by atoms with Crippen molar-refractivity contribution in [3.63, 3.8) is 0 Å². The molecule has 53 heavy (non-hydrogen) atoms. The van der Waals surface area contributed by atoms with Crippen molar-refractivity contribution in [1.82, 2.24) is 4.40 Å². The molecule has 6 aliphatic rings. The molecule has 9 aromatic rings. The summed E-state index contributed by atoms with van der Waals surface area (Å²) in [4.78, 5) is 29.0. The Morgan fingerprint density at radius 2 is 1.02 bits per heavy atom. The number of furan rings is 2. The average Bonchev–Trinajstić information content (AvgIpc) is 3.86. The van der Waals surface area contributed by atoms with Crippen molar-refractivity contribution in [3.05, 3.63) is 89.0 Å². The second kappa shape index (κ2) is 8.79. The highest BCUT2D eigenvalue weighted by atomic mass is 16.3. The average molecular weight is 694 g/mol. The van der Waals surface area contributed by atoms with E-state index in [0.717, 1.165) is 144 Å². The molecule has 0 spiro atoms. The third-order valence-electron chi connectivity index (χ3n) is 15.6. The molecule has 5 aromatic carbocycles. The minimum Gasteiger partial charge on any atom is -0.456 e. The molecule has 0 atom stereocenters. The van der Waals surface area contributed by atoms with Crippen LogP contribution in [-0.4, -0.2) is 16.0 Å². The van der Waals surface area contributed by atoms with Crippen molar-refractivity contribution in [2.24, 2.45) is 10.8 Å². The summed E-state index contributed by atoms with van der Waals surface area (Å²) in [7, 11) is 0. The molecular weight excluding hydrogens is 655 g/mol. The Bertz CT molecular complexity index is 3220. The molecular formula is C48H39NO4. The van der Waals surface area contributed by atoms with Gasteiger partial charge in [0.1, 0.15) is 22.3 Å². The molecule has 4 aromatic heterocycles. The summed E-state index contributed by atoms with van der Waals surface area (Å²) in [6, 6.07) is 24.0. The smallest absolute Gasteiger partial charge is 0.169 e. The van der Waals surface area contributed by atoms with Crippen molar-refractivity contribution in [1.29, 1.82) is 0 Å². The predicted molar refractivity (Wildman–Crippen MR) is 212 cm³/mol. The van der Waals surface area contributed by atoms with Crippen LogP contribution in [0.25, 0.3) is 82.0 Å². The van der Waals surface area contributed by atoms with Crippen molar-refractivity contribution in [2.45, 2.75) is 89.9 Å². The van der Waals surface area contributed by atoms with Crippen molar-refractivity contribution < 1.29 is 18.4 Å². The number of ketones is 2. The van der Waals surface area contributed by atoms with Gasteiger partial charge in [0, 0.05) is 59.7 Å². The number of para-hydroxylation sites is 1. The fraction of sp³-hybridized carbons (Fsp3) is 0.333. The van der Waals surface area contributed by atoms with Crippen LogP contribution in [0.1, 0.15) is 111 Å². The summed E-state index contributed by atoms with van der Waals surface area (Å²) in [5, 5.41) is 8.76. The van der Waals surface area contributed by atoms with Gasteiger partial charge in [-0.25, -0.2) is 0 Å². The van der Waals surface area contributed by atoms with Gasteiger partial charge >= 0.3 is 0 Å². The van der Waals surface area contributed by atoms with Crippen LogP contribution in [0.4, 0.5) is 0 Å². The minimum absolute atomic E-state index is 0.0400. The lowest BCUT2D eigenvalue weighted by Crippen LogP contribution is -2.33. The van der Waals surface area contributed by atoms with Crippen molar-refractivity contribution in [2.75, 3.05) is 0 Å². The topological polar surface area (TPSA) is 64.8 Å². The molecule has 0 aliphatic heterocycles. The van der Waals surface area contributed by atoms with Crippen LogP contribution < -0.4 is 0 Å². The van der Waals surface area contributed by atoms with E-state index in [9.17, 15) is 9.59 Å². The van der Waals surface area contributed by atoms with Crippen LogP contribution in [-0.2, 0) is 10.8 Å². The van der Waals surface area contributed by atoms with Crippen LogP contribution in [0.3, 0.4) is 0 Å². The van der Waals surface area contributed by atoms with E-state index in [2.05, 4.69) is 86.7 Å². The van der Waals surface area contributed by atoms with Crippen molar-refractivity contribution in [3.8, 4) is 0 Å². The zero-order chi connectivity index (χ0) is 35.6. The van der Waals surface area contributed by atoms with E-state index in [4.69, 9.17) is 8.83 Å². The molecule has 0 N–H and O–H groups in total. The lowest BCUT2D eigenvalue weighted by atomic mass is 9.65. The first kappa shape index (κ1) is 29.3. The van der Waals surface area contributed by atoms with E-state index >= 15 is 0 Å². The molecule has 5 nitrogen and oxygen atoms in total. The Morgan fingerprint density at radius 1 is 0.491 bits per heavy atom. The zero-order valence-corrected chi connectivity index (χ0v) is 30.6. The maximum atomic E-state index is 14.5. The molecule has 2 saturated carbocycles. The Hall–Kier alpha value is -5.16. The summed E-state index contributed by atoms with van der Waals surface area (Å²) >= 11 is 0. The maximum Gasteiger partial charge on any atom is 0.169 e. The number of aromatic nitrogens is 1. The van der Waals surface area contributed by atoms with Gasteiger partial charge in [-0.2, -0.15) is 0 Å². The van der Waals surface area contributed by atoms with Crippen molar-refractivity contribution >= 4 is 93.5 Å². The van der Waals surface area contributed by atoms with Gasteiger partial charge in [0.2, 0.25) is 0 Å². The first-order valence-electron chi connectivity index (χ1n) is 19.6. The van der Waals surface area contributed by atoms with Crippen LogP contribution in [0, 0.1) is 10.8 Å². The minimum atomic E-state index is -0.334. The molecule has 260 valence electrons. The number of benzene rings is 5. The number of rotatable bonds is 0. The molecule has 0 saturated heterocycles. The van der Waals surface area contributed by atoms with Gasteiger partial charge in [-0.1, -0.05) is 45.9 Å². The van der Waals surface area contributed by atoms with E-state index in [-0.39, 0.29) is 33.2 Å². The maximum absolute atomic E-state index is 14.5. The number of carbonyl (C=O) groups excluding carboxylic acids is 2. The van der Waals surface area contributed by atoms with Gasteiger partial charge < -0.3 is 13.2 Å². The molecule has 0 radical (unpaired) electrons. The number of carbonyl (C=O) groups is 2. The second-order valence-corrected chi connectivity index (χ2v) is 18.6. The van der Waals surface area contributed by atoms with Gasteiger partial charge in [-0.3, -0.25) is 9.59 Å². The number of Topliss-reactive ketones (excluding diaryl/α,β-unsaturated/α-hetero) is 2. The largest absolute Gasteiger partial charge is 0.456 e. The van der Waals surface area contributed by atoms with Gasteiger partial charge in [0.25, 0.3) is 0 Å². The number of fused-ring (bicyclic) bond motifs is 17. The van der Waals surface area contributed by atoms with Crippen LogP contribution in [0.5, 0.6) is 0 Å². The van der Waals surface area contributed by atoms with Gasteiger partial charge in [0.15, 0.2) is 11.6 Å². The summed E-state index contributed by atoms with van der Waals surface area (Å²) in [6.45, 7) is 9.11. The van der Waals surface area contributed by atoms with E-state index in [1.54, 1.807) is 0 Å². The molecule has 6 aliphatic carbocycles. The normalized spacial score (nSPS) is 28.5. The molecule has 4 bridgehead atoms. The highest BCUT2D eigenvalue weighted by molar-refractivity contribution is 6.34. The Morgan fingerprint density at radius 3 is 1.66 bits per heavy atom. The molecule has 4 heterocycles. The molecule has 2 fully saturated rings. The fourth-order valence-corrected chi connectivity index (χ4v) is 11.9. The summed E-state index contributed by atoms with van der Waals surface area (Å²) in [5.41, 5.74) is 9.99. The van der Waals surface area contributed by atoms with E-state index in [1.165, 1.54) is 11.1 Å². The number of nitrogens with zero attached hydrogens (tertiary/aromatic N) is 1. The standard InChI is InChI=1S/C48H39NO4/c1-45-9-13-47(3,14-10-45)43(50)30-20-35-25(18-33(30)45)28-17-29-27-23-38-26(24-7-5-6-8-37(24)52-38)22-39(27)53-42(29)40-32-19-34-31(21-36(32)49(35)41(28)40)44(51)48(4)15-11-46(34,2)12-16-48/h5-8,17-23H,9-16H2,1-4H3. The zero-order valence-electron chi connectivity index (χ0n) is 30.6. The van der Waals surface area contributed by atoms with Gasteiger partial charge in [-0.15, -0.1) is 0 Å². The van der Waals surface area contributed by atoms with E-state index < -0.39 is 0 Å². The second-order valence-electron chi connectivity index (χ2n) is 18.6. The highest BCUT2D eigenvalue weighted by Gasteiger charge is 2.50. The number of hydrogen-bond acceptors (Lipinski definition) is 4. The summed E-state index contributed by atoms with van der Waals surface area (Å²) in [5.74, 6) is 0.571. The first-order valence-corrected chi connectivity index (χ1v) is 19.6. The third-order valence-corrected chi connectivity index (χ3v) is 15.6. The van der Waals surface area contributed by atoms with E-state index in [1.807, 2.05) is 12.1 Å². The fourth-order valence-electron chi connectivity index (χ4n) is 11.9. The molecule has 5 heteroatoms. The lowest BCUT2D eigenvalue weighted by molar-refractivity contribution is 0.0726. The lowest BCUT2D eigenvalue weighted by Gasteiger charge is -2.38. The molecule has 15 rings (SSSR count). The molecule has 0 amide bonds. The van der Waals surface area contributed by atoms with Gasteiger partial charge in [-0.05, 0) is 122 Å². The highest BCUT2D eigenvalue weighted by Crippen LogP contribution is 2.57. The quantitative estimate of drug-likeness (QED) is 0.159. The first-order chi connectivity index (χ1) is 25.5. The summed E-state index contributed by atoms with van der Waals surface area (Å²) < 4.78 is 15.8. The Labute approximate surface area is 305 Å². The Kier molecular flexibility index (Phi) is 4.86. The third kappa shape index (κ3) is 3.26. The Balaban J connectivity index is 1.23. The SMILES string of the molecule is CC12CCC(C)(CC1)c1cc3c4cc5c6cc7oc8ccccc8c7cc6oc5c5c6cc7c(cc6n(c3cc1C2=O)c45)C(=O)C1(C)CCC7(C)CC1.